The number of rotatable bonds is 2. The third-order valence-corrected chi connectivity index (χ3v) is 3.96. The van der Waals surface area contributed by atoms with Gasteiger partial charge in [-0.15, -0.1) is 0 Å². The van der Waals surface area contributed by atoms with E-state index in [1.165, 1.54) is 12.1 Å². The van der Waals surface area contributed by atoms with Crippen molar-refractivity contribution in [3.8, 4) is 11.4 Å². The second-order valence-electron chi connectivity index (χ2n) is 5.87. The quantitative estimate of drug-likeness (QED) is 0.439. The summed E-state index contributed by atoms with van der Waals surface area (Å²) in [4.78, 5) is 36.1. The molecule has 6 bridgehead atoms. The minimum atomic E-state index is -0.795. The Bertz CT molecular complexity index is 807. The molecule has 2 atom stereocenters. The molecule has 141 valence electrons. The Labute approximate surface area is 216 Å². The molecule has 11 heteroatoms. The molecule has 3 aliphatic rings. The van der Waals surface area contributed by atoms with Crippen LogP contribution in [0, 0.1) is 14.9 Å². The first kappa shape index (κ1) is 27.4. The molecule has 0 saturated carbocycles. The summed E-state index contributed by atoms with van der Waals surface area (Å²) in [5, 5.41) is 0. The average molecular weight is 527 g/mol. The fraction of sp³-hybridized carbons (Fsp3) is 0.176. The maximum Gasteiger partial charge on any atom is 0.315 e. The van der Waals surface area contributed by atoms with E-state index < -0.39 is 11.8 Å². The van der Waals surface area contributed by atoms with Gasteiger partial charge in [-0.25, -0.2) is 9.97 Å². The first-order chi connectivity index (χ1) is 11.5. The maximum atomic E-state index is 11.5. The molecule has 5 heterocycles. The Morgan fingerprint density at radius 3 is 1.50 bits per heavy atom. The standard InChI is InChI=1S/C15H14BN6O2.2CH3.2Y/c17-14(23)8-1-10-5-21-7-22(16-21)6-11-2-9(15(18)24)4-13(20-11)12(3-8)19-10;;;;/h1-4H,5-7H2,(H4,17,18,23,24);2*1H3;;/q;2*-1;;/p-2. The van der Waals surface area contributed by atoms with Crippen LogP contribution in [0.3, 0.4) is 0 Å². The van der Waals surface area contributed by atoms with Gasteiger partial charge in [-0.1, -0.05) is 0 Å². The second-order valence-corrected chi connectivity index (χ2v) is 5.87. The van der Waals surface area contributed by atoms with Gasteiger partial charge in [0.25, 0.3) is 0 Å². The van der Waals surface area contributed by atoms with E-state index in [2.05, 4.69) is 9.97 Å². The zero-order valence-electron chi connectivity index (χ0n) is 15.8. The molecule has 5 rings (SSSR count). The molecule has 1 fully saturated rings. The summed E-state index contributed by atoms with van der Waals surface area (Å²) in [5.74, 6) is -1.59. The van der Waals surface area contributed by atoms with Crippen molar-refractivity contribution >= 4 is 19.4 Å². The monoisotopic (exact) mass is 527 g/mol. The molecule has 28 heavy (non-hydrogen) atoms. The smallest absolute Gasteiger partial charge is 0.315 e. The molecule has 2 aromatic heterocycles. The number of nitrogens with one attached hydrogen (secondary N) is 2. The minimum absolute atomic E-state index is 0. The average Bonchev–Trinajstić information content (AvgIpc) is 2.53. The summed E-state index contributed by atoms with van der Waals surface area (Å²) in [5.41, 5.74) is 17.4. The molecule has 1 saturated heterocycles. The molecule has 3 aliphatic heterocycles. The van der Waals surface area contributed by atoms with E-state index >= 15 is 0 Å². The summed E-state index contributed by atoms with van der Waals surface area (Å²) in [6, 6.07) is 6.22. The number of carbonyl (C=O) groups excluding carboxylic acids is 2. The first-order valence-electron chi connectivity index (χ1n) is 7.35. The van der Waals surface area contributed by atoms with Gasteiger partial charge >= 0.3 is 7.55 Å². The molecule has 2 amide bonds. The van der Waals surface area contributed by atoms with Crippen molar-refractivity contribution < 1.29 is 75.0 Å². The van der Waals surface area contributed by atoms with Crippen LogP contribution in [0.4, 0.5) is 0 Å². The van der Waals surface area contributed by atoms with Crippen molar-refractivity contribution in [1.82, 2.24) is 19.6 Å². The van der Waals surface area contributed by atoms with Gasteiger partial charge in [0.1, 0.15) is 0 Å². The zero-order valence-corrected chi connectivity index (χ0v) is 21.4. The SMILES string of the molecule is [CH3-].[CH3-].[NH-]C(=O)c1cc2nc(c1)-c1cc(C([NH-])=O)cc(n1)CN1[B]N(C2)C1.[Y].[Y]. The van der Waals surface area contributed by atoms with Gasteiger partial charge in [-0.3, -0.25) is 0 Å². The summed E-state index contributed by atoms with van der Waals surface area (Å²) in [6.07, 6.45) is 0. The van der Waals surface area contributed by atoms with Crippen molar-refractivity contribution in [3.05, 3.63) is 73.1 Å². The minimum Gasteiger partial charge on any atom is -0.664 e. The van der Waals surface area contributed by atoms with Crippen LogP contribution in [-0.4, -0.2) is 45.6 Å². The van der Waals surface area contributed by atoms with Gasteiger partial charge in [0, 0.05) is 96.3 Å². The Balaban J connectivity index is 0.00000182. The molecule has 3 radical (unpaired) electrons. The van der Waals surface area contributed by atoms with Crippen molar-refractivity contribution in [3.63, 3.8) is 0 Å². The van der Waals surface area contributed by atoms with Crippen LogP contribution in [0.2, 0.25) is 0 Å². The number of nitrogens with zero attached hydrogens (tertiary/aromatic N) is 4. The molecule has 2 aromatic rings. The summed E-state index contributed by atoms with van der Waals surface area (Å²) in [7, 11) is 1.93. The third kappa shape index (κ3) is 5.74. The van der Waals surface area contributed by atoms with E-state index in [1.807, 2.05) is 17.2 Å². The van der Waals surface area contributed by atoms with E-state index in [4.69, 9.17) is 11.5 Å². The van der Waals surface area contributed by atoms with E-state index in [0.29, 0.717) is 42.5 Å². The Morgan fingerprint density at radius 1 is 0.821 bits per heavy atom. The number of amides is 2. The molecular formula is C17H18BN6O2Y2-4. The second kappa shape index (κ2) is 11.0. The third-order valence-electron chi connectivity index (χ3n) is 3.96. The predicted octanol–water partition coefficient (Wildman–Crippen LogP) is 2.55. The predicted molar refractivity (Wildman–Crippen MR) is 99.3 cm³/mol. The van der Waals surface area contributed by atoms with Crippen LogP contribution in [-0.2, 0) is 78.5 Å². The number of hydrogen-bond acceptors (Lipinski definition) is 6. The van der Waals surface area contributed by atoms with Gasteiger partial charge in [0.2, 0.25) is 0 Å². The number of hydrogen-bond donors (Lipinski definition) is 0. The molecule has 0 aliphatic carbocycles. The normalized spacial score (nSPS) is 18.0. The van der Waals surface area contributed by atoms with Gasteiger partial charge in [-0.05, 0) is 24.3 Å². The van der Waals surface area contributed by atoms with E-state index in [0.717, 1.165) is 0 Å². The van der Waals surface area contributed by atoms with Crippen LogP contribution in [0.25, 0.3) is 22.9 Å². The Kier molecular flexibility index (Phi) is 10.8. The van der Waals surface area contributed by atoms with Crippen LogP contribution in [0.1, 0.15) is 32.1 Å². The first-order valence-corrected chi connectivity index (χ1v) is 7.35. The van der Waals surface area contributed by atoms with Crippen LogP contribution in [0.5, 0.6) is 0 Å². The molecule has 2 unspecified atom stereocenters. The van der Waals surface area contributed by atoms with Gasteiger partial charge in [0.15, 0.2) is 0 Å². The van der Waals surface area contributed by atoms with Crippen molar-refractivity contribution in [2.75, 3.05) is 6.67 Å². The zero-order chi connectivity index (χ0) is 16.8. The van der Waals surface area contributed by atoms with Crippen LogP contribution in [0.15, 0.2) is 24.3 Å². The summed E-state index contributed by atoms with van der Waals surface area (Å²) in [6.45, 7) is 1.75. The molecule has 0 aromatic carbocycles. The molecular weight excluding hydrogens is 509 g/mol. The topological polar surface area (TPSA) is 114 Å². The fourth-order valence-corrected chi connectivity index (χ4v) is 2.90. The van der Waals surface area contributed by atoms with Crippen LogP contribution >= 0.6 is 0 Å². The Morgan fingerprint density at radius 2 is 1.18 bits per heavy atom. The van der Waals surface area contributed by atoms with Crippen molar-refractivity contribution in [1.29, 1.82) is 0 Å². The summed E-state index contributed by atoms with van der Waals surface area (Å²) < 4.78 is 0. The maximum absolute atomic E-state index is 11.5. The van der Waals surface area contributed by atoms with Gasteiger partial charge < -0.3 is 45.5 Å². The number of carbonyl (C=O) groups is 2. The van der Waals surface area contributed by atoms with E-state index in [-0.39, 0.29) is 91.4 Å². The van der Waals surface area contributed by atoms with Crippen LogP contribution < -0.4 is 0 Å². The largest absolute Gasteiger partial charge is 0.664 e. The number of aromatic nitrogens is 2. The van der Waals surface area contributed by atoms with Crippen molar-refractivity contribution in [2.45, 2.75) is 13.1 Å². The van der Waals surface area contributed by atoms with Gasteiger partial charge in [0.05, 0.1) is 34.6 Å². The number of pyridine rings is 2. The Hall–Kier alpha value is -0.567. The van der Waals surface area contributed by atoms with Gasteiger partial charge in [-0.2, -0.15) is 0 Å². The molecule has 8 nitrogen and oxygen atoms in total. The summed E-state index contributed by atoms with van der Waals surface area (Å²) >= 11 is 0. The van der Waals surface area contributed by atoms with Crippen molar-refractivity contribution in [2.24, 2.45) is 0 Å². The molecule has 0 spiro atoms. The fourth-order valence-electron chi connectivity index (χ4n) is 2.90. The molecule has 2 N–H and O–H groups in total. The van der Waals surface area contributed by atoms with E-state index in [1.54, 1.807) is 12.1 Å². The van der Waals surface area contributed by atoms with E-state index in [9.17, 15) is 9.59 Å².